The number of ketones is 1. The van der Waals surface area contributed by atoms with Crippen molar-refractivity contribution in [3.63, 3.8) is 0 Å². The molecular formula is C26H30N2O5. The molecule has 1 atom stereocenters. The van der Waals surface area contributed by atoms with E-state index >= 15 is 0 Å². The fourth-order valence-corrected chi connectivity index (χ4v) is 4.45. The Balaban J connectivity index is 1.75. The van der Waals surface area contributed by atoms with Gasteiger partial charge in [-0.05, 0) is 43.2 Å². The van der Waals surface area contributed by atoms with Gasteiger partial charge in [0, 0.05) is 31.7 Å². The van der Waals surface area contributed by atoms with E-state index in [2.05, 4.69) is 4.90 Å². The molecule has 1 amide bonds. The maximum Gasteiger partial charge on any atom is 0.295 e. The Morgan fingerprint density at radius 2 is 1.76 bits per heavy atom. The smallest absolute Gasteiger partial charge is 0.295 e. The molecule has 0 radical (unpaired) electrons. The standard InChI is InChI=1S/C26H30N2O5/c1-17-4-6-19(7-5-17)23-22(24(29)21-9-8-20(32-3)16-18(21)2)25(30)26(31)28(23)11-10-27-12-14-33-15-13-27/h4-9,16,23,29H,10-15H2,1-3H3/b24-22+/t23-/m0/s1. The van der Waals surface area contributed by atoms with Gasteiger partial charge in [0.15, 0.2) is 0 Å². The van der Waals surface area contributed by atoms with Gasteiger partial charge >= 0.3 is 0 Å². The SMILES string of the molecule is COc1ccc(/C(O)=C2\C(=O)C(=O)N(CCN3CCOCC3)[C@H]2c2ccc(C)cc2)c(C)c1. The number of morpholine rings is 1. The number of nitrogens with zero attached hydrogens (tertiary/aromatic N) is 2. The van der Waals surface area contributed by atoms with Gasteiger partial charge in [-0.15, -0.1) is 0 Å². The lowest BCUT2D eigenvalue weighted by molar-refractivity contribution is -0.140. The number of carbonyl (C=O) groups excluding carboxylic acids is 2. The zero-order valence-corrected chi connectivity index (χ0v) is 19.3. The van der Waals surface area contributed by atoms with Gasteiger partial charge in [0.1, 0.15) is 11.5 Å². The molecule has 7 heteroatoms. The largest absolute Gasteiger partial charge is 0.507 e. The van der Waals surface area contributed by atoms with Crippen molar-refractivity contribution >= 4 is 17.4 Å². The molecule has 0 bridgehead atoms. The van der Waals surface area contributed by atoms with Crippen LogP contribution in [0.1, 0.15) is 28.3 Å². The van der Waals surface area contributed by atoms with Crippen LogP contribution in [-0.4, -0.2) is 73.1 Å². The topological polar surface area (TPSA) is 79.3 Å². The fraction of sp³-hybridized carbons (Fsp3) is 0.385. The van der Waals surface area contributed by atoms with E-state index in [9.17, 15) is 14.7 Å². The van der Waals surface area contributed by atoms with E-state index in [1.807, 2.05) is 38.1 Å². The number of likely N-dealkylation sites (tertiary alicyclic amines) is 1. The van der Waals surface area contributed by atoms with Crippen molar-refractivity contribution < 1.29 is 24.2 Å². The number of methoxy groups -OCH3 is 1. The molecule has 0 saturated carbocycles. The summed E-state index contributed by atoms with van der Waals surface area (Å²) in [7, 11) is 1.58. The van der Waals surface area contributed by atoms with Crippen molar-refractivity contribution in [2.24, 2.45) is 0 Å². The van der Waals surface area contributed by atoms with Crippen molar-refractivity contribution in [2.75, 3.05) is 46.5 Å². The van der Waals surface area contributed by atoms with Gasteiger partial charge in [-0.2, -0.15) is 0 Å². The summed E-state index contributed by atoms with van der Waals surface area (Å²) >= 11 is 0. The van der Waals surface area contributed by atoms with Crippen LogP contribution < -0.4 is 4.74 Å². The first-order chi connectivity index (χ1) is 15.9. The van der Waals surface area contributed by atoms with Gasteiger partial charge < -0.3 is 19.5 Å². The Morgan fingerprint density at radius 3 is 2.39 bits per heavy atom. The zero-order chi connectivity index (χ0) is 23.5. The maximum atomic E-state index is 13.2. The molecule has 2 heterocycles. The van der Waals surface area contributed by atoms with E-state index < -0.39 is 17.7 Å². The summed E-state index contributed by atoms with van der Waals surface area (Å²) in [6.45, 7) is 7.77. The van der Waals surface area contributed by atoms with Gasteiger partial charge in [-0.3, -0.25) is 14.5 Å². The molecule has 4 rings (SSSR count). The summed E-state index contributed by atoms with van der Waals surface area (Å²) < 4.78 is 10.7. The molecule has 0 aromatic heterocycles. The predicted octanol–water partition coefficient (Wildman–Crippen LogP) is 3.07. The number of hydrogen-bond acceptors (Lipinski definition) is 6. The molecule has 174 valence electrons. The molecule has 2 aromatic rings. The number of rotatable bonds is 6. The molecule has 2 saturated heterocycles. The number of aliphatic hydroxyl groups is 1. The van der Waals surface area contributed by atoms with Crippen molar-refractivity contribution in [2.45, 2.75) is 19.9 Å². The lowest BCUT2D eigenvalue weighted by Crippen LogP contribution is -2.42. The van der Waals surface area contributed by atoms with E-state index in [1.165, 1.54) is 0 Å². The molecule has 0 unspecified atom stereocenters. The van der Waals surface area contributed by atoms with E-state index in [-0.39, 0.29) is 11.3 Å². The van der Waals surface area contributed by atoms with Gasteiger partial charge in [0.2, 0.25) is 0 Å². The first-order valence-electron chi connectivity index (χ1n) is 11.2. The van der Waals surface area contributed by atoms with Crippen LogP contribution in [0.5, 0.6) is 5.75 Å². The number of aryl methyl sites for hydroxylation is 2. The minimum atomic E-state index is -0.657. The van der Waals surface area contributed by atoms with Gasteiger partial charge in [0.25, 0.3) is 11.7 Å². The Hall–Kier alpha value is -3.16. The normalized spacial score (nSPS) is 20.9. The second kappa shape index (κ2) is 9.77. The number of benzene rings is 2. The van der Waals surface area contributed by atoms with Crippen LogP contribution >= 0.6 is 0 Å². The Labute approximate surface area is 194 Å². The van der Waals surface area contributed by atoms with E-state index in [0.29, 0.717) is 37.6 Å². The number of ether oxygens (including phenoxy) is 2. The first-order valence-corrected chi connectivity index (χ1v) is 11.2. The van der Waals surface area contributed by atoms with Crippen LogP contribution in [0.15, 0.2) is 48.0 Å². The van der Waals surface area contributed by atoms with Crippen LogP contribution in [0.2, 0.25) is 0 Å². The monoisotopic (exact) mass is 450 g/mol. The highest BCUT2D eigenvalue weighted by molar-refractivity contribution is 6.46. The van der Waals surface area contributed by atoms with Crippen molar-refractivity contribution in [3.05, 3.63) is 70.3 Å². The van der Waals surface area contributed by atoms with E-state index in [1.54, 1.807) is 30.2 Å². The average molecular weight is 451 g/mol. The molecule has 33 heavy (non-hydrogen) atoms. The van der Waals surface area contributed by atoms with Gasteiger partial charge in [0.05, 0.1) is 31.9 Å². The van der Waals surface area contributed by atoms with Crippen molar-refractivity contribution in [3.8, 4) is 5.75 Å². The number of Topliss-reactive ketones (excluding diaryl/α,β-unsaturated/α-hetero) is 1. The Morgan fingerprint density at radius 1 is 1.06 bits per heavy atom. The van der Waals surface area contributed by atoms with Gasteiger partial charge in [-0.1, -0.05) is 29.8 Å². The van der Waals surface area contributed by atoms with E-state index in [4.69, 9.17) is 9.47 Å². The van der Waals surface area contributed by atoms with Crippen LogP contribution in [0.25, 0.3) is 5.76 Å². The third-order valence-electron chi connectivity index (χ3n) is 6.38. The third-order valence-corrected chi connectivity index (χ3v) is 6.38. The summed E-state index contributed by atoms with van der Waals surface area (Å²) in [5.74, 6) is -0.741. The van der Waals surface area contributed by atoms with Crippen LogP contribution in [0.4, 0.5) is 0 Å². The number of carbonyl (C=O) groups is 2. The number of aliphatic hydroxyl groups excluding tert-OH is 1. The van der Waals surface area contributed by atoms with Crippen LogP contribution in [0, 0.1) is 13.8 Å². The molecule has 2 aromatic carbocycles. The summed E-state index contributed by atoms with van der Waals surface area (Å²) in [5.41, 5.74) is 3.27. The minimum absolute atomic E-state index is 0.124. The molecule has 2 aliphatic rings. The van der Waals surface area contributed by atoms with E-state index in [0.717, 1.165) is 29.8 Å². The molecule has 1 N–H and O–H groups in total. The quantitative estimate of drug-likeness (QED) is 0.414. The van der Waals surface area contributed by atoms with Gasteiger partial charge in [-0.25, -0.2) is 0 Å². The third kappa shape index (κ3) is 4.65. The zero-order valence-electron chi connectivity index (χ0n) is 19.3. The second-order valence-corrected chi connectivity index (χ2v) is 8.54. The summed E-state index contributed by atoms with van der Waals surface area (Å²) in [5, 5.41) is 11.3. The molecule has 0 spiro atoms. The summed E-state index contributed by atoms with van der Waals surface area (Å²) in [4.78, 5) is 30.1. The maximum absolute atomic E-state index is 13.2. The number of hydrogen-bond donors (Lipinski definition) is 1. The predicted molar refractivity (Wildman–Crippen MR) is 125 cm³/mol. The first kappa shape index (κ1) is 23.0. The van der Waals surface area contributed by atoms with Crippen LogP contribution in [-0.2, 0) is 14.3 Å². The fourth-order valence-electron chi connectivity index (χ4n) is 4.45. The summed E-state index contributed by atoms with van der Waals surface area (Å²) in [6, 6.07) is 12.3. The summed E-state index contributed by atoms with van der Waals surface area (Å²) in [6.07, 6.45) is 0. The molecule has 7 nitrogen and oxygen atoms in total. The second-order valence-electron chi connectivity index (χ2n) is 8.54. The number of amides is 1. The molecule has 0 aliphatic carbocycles. The lowest BCUT2D eigenvalue weighted by atomic mass is 9.93. The highest BCUT2D eigenvalue weighted by Crippen LogP contribution is 2.40. The lowest BCUT2D eigenvalue weighted by Gasteiger charge is -2.31. The highest BCUT2D eigenvalue weighted by Gasteiger charge is 2.46. The molecule has 2 fully saturated rings. The minimum Gasteiger partial charge on any atom is -0.507 e. The molecule has 2 aliphatic heterocycles. The van der Waals surface area contributed by atoms with Crippen molar-refractivity contribution in [1.29, 1.82) is 0 Å². The highest BCUT2D eigenvalue weighted by atomic mass is 16.5. The Bertz CT molecular complexity index is 1070. The van der Waals surface area contributed by atoms with Crippen LogP contribution in [0.3, 0.4) is 0 Å². The average Bonchev–Trinajstić information content (AvgIpc) is 3.08. The molecular weight excluding hydrogens is 420 g/mol. The van der Waals surface area contributed by atoms with Crippen molar-refractivity contribution in [1.82, 2.24) is 9.80 Å². The Kier molecular flexibility index (Phi) is 6.81.